The largest absolute Gasteiger partial charge is 0.478 e. The van der Waals surface area contributed by atoms with Crippen LogP contribution in [0.3, 0.4) is 0 Å². The van der Waals surface area contributed by atoms with Gasteiger partial charge in [-0.1, -0.05) is 18.2 Å². The monoisotopic (exact) mass is 344 g/mol. The number of hydrogen-bond acceptors (Lipinski definition) is 5. The fourth-order valence-electron chi connectivity index (χ4n) is 1.47. The first-order valence-electron chi connectivity index (χ1n) is 6.16. The van der Waals surface area contributed by atoms with Crippen molar-refractivity contribution in [1.29, 1.82) is 0 Å². The zero-order valence-electron chi connectivity index (χ0n) is 11.4. The molecule has 9 heteroatoms. The summed E-state index contributed by atoms with van der Waals surface area (Å²) in [6.45, 7) is 1.38. The van der Waals surface area contributed by atoms with Crippen molar-refractivity contribution >= 4 is 27.3 Å². The highest BCUT2D eigenvalue weighted by Crippen LogP contribution is 2.17. The van der Waals surface area contributed by atoms with Crippen molar-refractivity contribution in [2.45, 2.75) is 17.2 Å². The first kappa shape index (κ1) is 16.4. The van der Waals surface area contributed by atoms with E-state index in [0.29, 0.717) is 0 Å². The summed E-state index contributed by atoms with van der Waals surface area (Å²) in [7, 11) is -3.82. The van der Waals surface area contributed by atoms with Crippen LogP contribution in [0, 0.1) is 5.82 Å². The second-order valence-electron chi connectivity index (χ2n) is 4.22. The predicted octanol–water partition coefficient (Wildman–Crippen LogP) is 1.66. The minimum atomic E-state index is -3.82. The highest BCUT2D eigenvalue weighted by atomic mass is 32.2. The van der Waals surface area contributed by atoms with E-state index in [4.69, 9.17) is 4.74 Å². The van der Waals surface area contributed by atoms with Gasteiger partial charge in [0.05, 0.1) is 0 Å². The number of para-hydroxylation sites is 1. The van der Waals surface area contributed by atoms with E-state index in [1.54, 1.807) is 17.5 Å². The molecule has 0 saturated heterocycles. The molecule has 2 aromatic rings. The van der Waals surface area contributed by atoms with Crippen LogP contribution in [-0.2, 0) is 14.8 Å². The van der Waals surface area contributed by atoms with Crippen LogP contribution in [-0.4, -0.2) is 20.4 Å². The molecule has 22 heavy (non-hydrogen) atoms. The van der Waals surface area contributed by atoms with Crippen LogP contribution in [0.1, 0.15) is 6.92 Å². The van der Waals surface area contributed by atoms with Gasteiger partial charge in [-0.3, -0.25) is 10.2 Å². The molecule has 2 N–H and O–H groups in total. The van der Waals surface area contributed by atoms with Gasteiger partial charge in [-0.15, -0.1) is 16.2 Å². The second kappa shape index (κ2) is 6.86. The molecule has 0 fully saturated rings. The lowest BCUT2D eigenvalue weighted by molar-refractivity contribution is -0.127. The Kier molecular flexibility index (Phi) is 5.11. The Bertz CT molecular complexity index is 747. The zero-order valence-corrected chi connectivity index (χ0v) is 13.1. The van der Waals surface area contributed by atoms with Crippen LogP contribution >= 0.6 is 11.3 Å². The number of ether oxygens (including phenoxy) is 1. The van der Waals surface area contributed by atoms with Gasteiger partial charge in [-0.2, -0.15) is 0 Å². The molecule has 0 spiro atoms. The summed E-state index contributed by atoms with van der Waals surface area (Å²) in [4.78, 5) is 13.7. The van der Waals surface area contributed by atoms with E-state index in [1.165, 1.54) is 31.2 Å². The van der Waals surface area contributed by atoms with E-state index in [9.17, 15) is 17.6 Å². The number of nitrogens with one attached hydrogen (secondary N) is 2. The summed E-state index contributed by atoms with van der Waals surface area (Å²) in [5.74, 6) is -1.45. The Labute approximate surface area is 130 Å². The highest BCUT2D eigenvalue weighted by Gasteiger charge is 2.20. The number of hydrogen-bond donors (Lipinski definition) is 2. The van der Waals surface area contributed by atoms with Gasteiger partial charge in [-0.25, -0.2) is 12.8 Å². The van der Waals surface area contributed by atoms with Crippen molar-refractivity contribution in [2.75, 3.05) is 0 Å². The number of amides is 1. The first-order chi connectivity index (χ1) is 10.4. The molecule has 1 amide bonds. The van der Waals surface area contributed by atoms with Crippen LogP contribution in [0.5, 0.6) is 5.75 Å². The standard InChI is InChI=1S/C13H13FN2O4S2/c1-9(20-11-6-3-2-5-10(11)14)13(17)15-16-22(18,19)12-7-4-8-21-12/h2-9,16H,1H3,(H,15,17)/t9-/m1/s1. The lowest BCUT2D eigenvalue weighted by Gasteiger charge is -2.15. The molecule has 2 rings (SSSR count). The third-order valence-corrected chi connectivity index (χ3v) is 5.22. The van der Waals surface area contributed by atoms with Crippen LogP contribution in [0.2, 0.25) is 0 Å². The smallest absolute Gasteiger partial charge is 0.275 e. The lowest BCUT2D eigenvalue weighted by atomic mass is 10.3. The van der Waals surface area contributed by atoms with Crippen molar-refractivity contribution in [1.82, 2.24) is 10.3 Å². The number of sulfonamides is 1. The molecule has 0 unspecified atom stereocenters. The lowest BCUT2D eigenvalue weighted by Crippen LogP contribution is -2.46. The highest BCUT2D eigenvalue weighted by molar-refractivity contribution is 7.91. The SMILES string of the molecule is C[C@@H](Oc1ccccc1F)C(=O)NNS(=O)(=O)c1cccs1. The number of carbonyl (C=O) groups excluding carboxylic acids is 1. The minimum Gasteiger partial charge on any atom is -0.478 e. The number of halogens is 1. The summed E-state index contributed by atoms with van der Waals surface area (Å²) >= 11 is 1.01. The van der Waals surface area contributed by atoms with E-state index >= 15 is 0 Å². The molecular weight excluding hydrogens is 331 g/mol. The fraction of sp³-hybridized carbons (Fsp3) is 0.154. The third kappa shape index (κ3) is 4.03. The molecule has 1 aromatic carbocycles. The molecule has 0 aliphatic carbocycles. The van der Waals surface area contributed by atoms with E-state index in [-0.39, 0.29) is 9.96 Å². The topological polar surface area (TPSA) is 84.5 Å². The van der Waals surface area contributed by atoms with Gasteiger partial charge in [0, 0.05) is 0 Å². The van der Waals surface area contributed by atoms with Crippen molar-refractivity contribution in [3.05, 3.63) is 47.6 Å². The average molecular weight is 344 g/mol. The normalized spacial score (nSPS) is 12.6. The van der Waals surface area contributed by atoms with Gasteiger partial charge < -0.3 is 4.74 Å². The number of hydrazine groups is 1. The average Bonchev–Trinajstić information content (AvgIpc) is 3.02. The second-order valence-corrected chi connectivity index (χ2v) is 7.07. The molecule has 1 heterocycles. The Hall–Kier alpha value is -1.97. The van der Waals surface area contributed by atoms with Gasteiger partial charge in [0.1, 0.15) is 4.21 Å². The number of benzene rings is 1. The van der Waals surface area contributed by atoms with E-state index in [0.717, 1.165) is 11.3 Å². The number of rotatable bonds is 6. The van der Waals surface area contributed by atoms with Crippen molar-refractivity contribution < 1.29 is 22.3 Å². The Morgan fingerprint density at radius 1 is 1.27 bits per heavy atom. The van der Waals surface area contributed by atoms with Crippen LogP contribution < -0.4 is 15.0 Å². The van der Waals surface area contributed by atoms with Gasteiger partial charge in [0.25, 0.3) is 15.9 Å². The Morgan fingerprint density at radius 2 is 2.00 bits per heavy atom. The first-order valence-corrected chi connectivity index (χ1v) is 8.53. The maximum Gasteiger partial charge on any atom is 0.275 e. The number of carbonyl (C=O) groups is 1. The van der Waals surface area contributed by atoms with Crippen molar-refractivity contribution in [2.24, 2.45) is 0 Å². The third-order valence-electron chi connectivity index (χ3n) is 2.58. The van der Waals surface area contributed by atoms with Crippen LogP contribution in [0.4, 0.5) is 4.39 Å². The van der Waals surface area contributed by atoms with Gasteiger partial charge >= 0.3 is 0 Å². The maximum absolute atomic E-state index is 13.4. The van der Waals surface area contributed by atoms with Gasteiger partial charge in [0.15, 0.2) is 17.7 Å². The van der Waals surface area contributed by atoms with Crippen LogP contribution in [0.25, 0.3) is 0 Å². The molecule has 0 aliphatic rings. The number of thiophene rings is 1. The van der Waals surface area contributed by atoms with E-state index < -0.39 is 27.9 Å². The molecule has 1 atom stereocenters. The Morgan fingerprint density at radius 3 is 2.64 bits per heavy atom. The molecule has 0 aliphatic heterocycles. The zero-order chi connectivity index (χ0) is 16.2. The minimum absolute atomic E-state index is 0.0653. The molecule has 0 radical (unpaired) electrons. The summed E-state index contributed by atoms with van der Waals surface area (Å²) in [6.07, 6.45) is -1.08. The molecule has 1 aromatic heterocycles. The van der Waals surface area contributed by atoms with Crippen LogP contribution in [0.15, 0.2) is 46.0 Å². The molecule has 0 saturated carbocycles. The Balaban J connectivity index is 1.94. The van der Waals surface area contributed by atoms with Crippen molar-refractivity contribution in [3.8, 4) is 5.75 Å². The predicted molar refractivity (Wildman–Crippen MR) is 79.3 cm³/mol. The van der Waals surface area contributed by atoms with E-state index in [2.05, 4.69) is 0 Å². The maximum atomic E-state index is 13.4. The van der Waals surface area contributed by atoms with Crippen molar-refractivity contribution in [3.63, 3.8) is 0 Å². The van der Waals surface area contributed by atoms with Gasteiger partial charge in [0.2, 0.25) is 0 Å². The summed E-state index contributed by atoms with van der Waals surface area (Å²) in [5, 5.41) is 1.60. The summed E-state index contributed by atoms with van der Waals surface area (Å²) < 4.78 is 42.2. The molecule has 0 bridgehead atoms. The quantitative estimate of drug-likeness (QED) is 0.781. The molecular formula is C13H13FN2O4S2. The summed E-state index contributed by atoms with van der Waals surface area (Å²) in [5.41, 5.74) is 2.03. The van der Waals surface area contributed by atoms with E-state index in [1.807, 2.05) is 10.3 Å². The molecule has 118 valence electrons. The van der Waals surface area contributed by atoms with Gasteiger partial charge in [-0.05, 0) is 30.5 Å². The fourth-order valence-corrected chi connectivity index (χ4v) is 3.31. The summed E-state index contributed by atoms with van der Waals surface area (Å²) in [6, 6.07) is 8.59. The molecule has 6 nitrogen and oxygen atoms in total.